The molecule has 1 fully saturated rings. The van der Waals surface area contributed by atoms with Crippen molar-refractivity contribution in [3.63, 3.8) is 0 Å². The van der Waals surface area contributed by atoms with Gasteiger partial charge in [0.05, 0.1) is 27.4 Å². The summed E-state index contributed by atoms with van der Waals surface area (Å²) in [6.45, 7) is 10.5. The predicted octanol–water partition coefficient (Wildman–Crippen LogP) is -0.596. The predicted molar refractivity (Wildman–Crippen MR) is 86.3 cm³/mol. The van der Waals surface area contributed by atoms with Gasteiger partial charge in [-0.1, -0.05) is 0 Å². The first-order chi connectivity index (χ1) is 10.6. The van der Waals surface area contributed by atoms with Crippen LogP contribution in [-0.4, -0.2) is 53.6 Å². The molecule has 5 nitrogen and oxygen atoms in total. The van der Waals surface area contributed by atoms with Crippen molar-refractivity contribution in [2.24, 2.45) is 0 Å². The van der Waals surface area contributed by atoms with Gasteiger partial charge in [-0.05, 0) is 26.0 Å². The lowest BCUT2D eigenvalue weighted by Crippen LogP contribution is -3.28. The first kappa shape index (κ1) is 16.9. The Balaban J connectivity index is 2.07. The molecule has 1 aromatic carbocycles. The molecule has 5 heteroatoms. The molecule has 2 rings (SSSR count). The van der Waals surface area contributed by atoms with Gasteiger partial charge in [0.1, 0.15) is 32.7 Å². The van der Waals surface area contributed by atoms with Crippen LogP contribution in [0.5, 0.6) is 17.2 Å². The highest BCUT2D eigenvalue weighted by molar-refractivity contribution is 5.53. The summed E-state index contributed by atoms with van der Waals surface area (Å²) in [5, 5.41) is 0. The van der Waals surface area contributed by atoms with Crippen LogP contribution in [0.2, 0.25) is 0 Å². The maximum Gasteiger partial charge on any atom is 0.203 e. The molecule has 0 bridgehead atoms. The van der Waals surface area contributed by atoms with Crippen molar-refractivity contribution in [1.29, 1.82) is 0 Å². The second kappa shape index (κ2) is 7.70. The summed E-state index contributed by atoms with van der Waals surface area (Å²) in [5.74, 6) is 2.14. The van der Waals surface area contributed by atoms with E-state index < -0.39 is 0 Å². The summed E-state index contributed by atoms with van der Waals surface area (Å²) in [5.41, 5.74) is 1.23. The van der Waals surface area contributed by atoms with Crippen LogP contribution in [0.1, 0.15) is 19.4 Å². The van der Waals surface area contributed by atoms with E-state index in [0.717, 1.165) is 24.1 Å². The quantitative estimate of drug-likeness (QED) is 0.737. The fraction of sp³-hybridized carbons (Fsp3) is 0.647. The highest BCUT2D eigenvalue weighted by Gasteiger charge is 2.25. The maximum atomic E-state index is 5.44. The number of nitrogens with one attached hydrogen (secondary N) is 2. The minimum Gasteiger partial charge on any atom is -0.493 e. The van der Waals surface area contributed by atoms with Gasteiger partial charge in [0.15, 0.2) is 11.5 Å². The van der Waals surface area contributed by atoms with E-state index in [1.54, 1.807) is 31.1 Å². The van der Waals surface area contributed by atoms with Gasteiger partial charge in [-0.2, -0.15) is 0 Å². The molecule has 0 spiro atoms. The number of methoxy groups -OCH3 is 3. The molecule has 1 heterocycles. The summed E-state index contributed by atoms with van der Waals surface area (Å²) in [4.78, 5) is 3.34. The molecule has 0 aromatic heterocycles. The Morgan fingerprint density at radius 1 is 0.909 bits per heavy atom. The molecule has 0 unspecified atom stereocenters. The van der Waals surface area contributed by atoms with Crippen LogP contribution in [-0.2, 0) is 6.54 Å². The van der Waals surface area contributed by atoms with E-state index in [2.05, 4.69) is 26.0 Å². The average Bonchev–Trinajstić information content (AvgIpc) is 2.54. The minimum atomic E-state index is 0.665. The molecule has 1 aromatic rings. The fourth-order valence-electron chi connectivity index (χ4n) is 3.20. The number of benzene rings is 1. The van der Waals surface area contributed by atoms with Crippen LogP contribution >= 0.6 is 0 Å². The van der Waals surface area contributed by atoms with Crippen molar-refractivity contribution in [2.75, 3.05) is 47.5 Å². The third kappa shape index (κ3) is 3.84. The normalized spacial score (nSPS) is 21.7. The van der Waals surface area contributed by atoms with Gasteiger partial charge in [0, 0.05) is 5.56 Å². The lowest BCUT2D eigenvalue weighted by Gasteiger charge is -2.32. The molecule has 1 aliphatic rings. The second-order valence-electron chi connectivity index (χ2n) is 6.27. The molecule has 0 radical (unpaired) electrons. The van der Waals surface area contributed by atoms with Crippen LogP contribution in [0.15, 0.2) is 12.1 Å². The number of quaternary nitrogens is 2. The Hall–Kier alpha value is -1.46. The monoisotopic (exact) mass is 310 g/mol. The van der Waals surface area contributed by atoms with Gasteiger partial charge in [-0.3, -0.25) is 0 Å². The smallest absolute Gasteiger partial charge is 0.203 e. The second-order valence-corrected chi connectivity index (χ2v) is 6.27. The number of hydrogen-bond donors (Lipinski definition) is 2. The van der Waals surface area contributed by atoms with Crippen LogP contribution in [0.25, 0.3) is 0 Å². The Morgan fingerprint density at radius 2 is 1.45 bits per heavy atom. The zero-order valence-corrected chi connectivity index (χ0v) is 14.5. The van der Waals surface area contributed by atoms with Crippen LogP contribution in [0.3, 0.4) is 0 Å². The van der Waals surface area contributed by atoms with E-state index in [-0.39, 0.29) is 0 Å². The van der Waals surface area contributed by atoms with Gasteiger partial charge < -0.3 is 24.0 Å². The Kier molecular flexibility index (Phi) is 5.91. The number of hydrogen-bond acceptors (Lipinski definition) is 3. The van der Waals surface area contributed by atoms with E-state index in [0.29, 0.717) is 5.75 Å². The fourth-order valence-corrected chi connectivity index (χ4v) is 3.20. The lowest BCUT2D eigenvalue weighted by molar-refractivity contribution is -1.03. The molecule has 0 saturated carbocycles. The minimum absolute atomic E-state index is 0.665. The maximum absolute atomic E-state index is 5.44. The van der Waals surface area contributed by atoms with Gasteiger partial charge in [0.2, 0.25) is 5.75 Å². The van der Waals surface area contributed by atoms with Crippen molar-refractivity contribution in [3.05, 3.63) is 17.7 Å². The van der Waals surface area contributed by atoms with E-state index >= 15 is 0 Å². The number of piperazine rings is 1. The third-order valence-corrected chi connectivity index (χ3v) is 4.59. The zero-order chi connectivity index (χ0) is 16.1. The summed E-state index contributed by atoms with van der Waals surface area (Å²) in [6, 6.07) is 4.86. The molecular formula is C17H30N2O3+2. The molecule has 0 amide bonds. The number of ether oxygens (including phenoxy) is 3. The molecule has 2 N–H and O–H groups in total. The summed E-state index contributed by atoms with van der Waals surface area (Å²) < 4.78 is 16.3. The van der Waals surface area contributed by atoms with Crippen LogP contribution in [0.4, 0.5) is 0 Å². The zero-order valence-electron chi connectivity index (χ0n) is 14.5. The SMILES string of the molecule is COc1cc(C[NH+]2CC[NH+](C(C)C)CC2)cc(OC)c1OC. The van der Waals surface area contributed by atoms with Crippen LogP contribution in [0, 0.1) is 0 Å². The Morgan fingerprint density at radius 3 is 1.86 bits per heavy atom. The van der Waals surface area contributed by atoms with Crippen molar-refractivity contribution in [1.82, 2.24) is 0 Å². The third-order valence-electron chi connectivity index (χ3n) is 4.59. The van der Waals surface area contributed by atoms with Crippen molar-refractivity contribution >= 4 is 0 Å². The van der Waals surface area contributed by atoms with Crippen LogP contribution < -0.4 is 24.0 Å². The van der Waals surface area contributed by atoms with Gasteiger partial charge in [-0.25, -0.2) is 0 Å². The molecule has 0 aliphatic carbocycles. The van der Waals surface area contributed by atoms with Crippen molar-refractivity contribution in [3.8, 4) is 17.2 Å². The van der Waals surface area contributed by atoms with E-state index in [1.165, 1.54) is 31.7 Å². The largest absolute Gasteiger partial charge is 0.493 e. The van der Waals surface area contributed by atoms with Gasteiger partial charge in [0.25, 0.3) is 0 Å². The summed E-state index contributed by atoms with van der Waals surface area (Å²) in [7, 11) is 4.97. The molecule has 22 heavy (non-hydrogen) atoms. The highest BCUT2D eigenvalue weighted by Crippen LogP contribution is 2.37. The Labute approximate surface area is 133 Å². The summed E-state index contributed by atoms with van der Waals surface area (Å²) >= 11 is 0. The molecule has 124 valence electrons. The average molecular weight is 310 g/mol. The lowest BCUT2D eigenvalue weighted by atomic mass is 10.1. The summed E-state index contributed by atoms with van der Waals surface area (Å²) in [6.07, 6.45) is 0. The standard InChI is InChI=1S/C17H28N2O3/c1-13(2)19-8-6-18(7-9-19)12-14-10-15(20-3)17(22-5)16(11-14)21-4/h10-11,13H,6-9,12H2,1-5H3/p+2. The Bertz CT molecular complexity index is 458. The first-order valence-electron chi connectivity index (χ1n) is 8.06. The van der Waals surface area contributed by atoms with Crippen molar-refractivity contribution < 1.29 is 24.0 Å². The van der Waals surface area contributed by atoms with Gasteiger partial charge >= 0.3 is 0 Å². The molecule has 1 aliphatic heterocycles. The molecule has 1 saturated heterocycles. The first-order valence-corrected chi connectivity index (χ1v) is 8.06. The van der Waals surface area contributed by atoms with Crippen molar-refractivity contribution in [2.45, 2.75) is 26.4 Å². The molecule has 0 atom stereocenters. The highest BCUT2D eigenvalue weighted by atomic mass is 16.5. The van der Waals surface area contributed by atoms with E-state index in [1.807, 2.05) is 0 Å². The van der Waals surface area contributed by atoms with E-state index in [4.69, 9.17) is 14.2 Å². The van der Waals surface area contributed by atoms with E-state index in [9.17, 15) is 0 Å². The molecular weight excluding hydrogens is 280 g/mol. The number of rotatable bonds is 6. The topological polar surface area (TPSA) is 36.6 Å². The van der Waals surface area contributed by atoms with Gasteiger partial charge in [-0.15, -0.1) is 0 Å².